The number of amides is 1. The van der Waals surface area contributed by atoms with E-state index in [9.17, 15) is 19.8 Å². The van der Waals surface area contributed by atoms with Crippen LogP contribution in [0.1, 0.15) is 64.9 Å². The number of aliphatic hydroxyl groups is 2. The second kappa shape index (κ2) is 13.3. The molecule has 1 saturated carbocycles. The van der Waals surface area contributed by atoms with Crippen LogP contribution >= 0.6 is 0 Å². The van der Waals surface area contributed by atoms with E-state index in [1.807, 2.05) is 13.8 Å². The molecule has 4 atom stereocenters. The van der Waals surface area contributed by atoms with Crippen LogP contribution in [0.15, 0.2) is 6.33 Å². The molecule has 1 saturated heterocycles. The molecule has 218 valence electrons. The lowest BCUT2D eigenvalue weighted by molar-refractivity contribution is -0.137. The molecule has 2 aliphatic rings. The molecule has 2 unspecified atom stereocenters. The topological polar surface area (TPSA) is 184 Å². The van der Waals surface area contributed by atoms with E-state index in [4.69, 9.17) is 19.9 Å². The first kappa shape index (κ1) is 29.5. The van der Waals surface area contributed by atoms with Crippen molar-refractivity contribution in [1.82, 2.24) is 24.8 Å². The third-order valence-corrected chi connectivity index (χ3v) is 7.10. The van der Waals surface area contributed by atoms with E-state index in [1.165, 1.54) is 10.9 Å². The van der Waals surface area contributed by atoms with Crippen molar-refractivity contribution < 1.29 is 34.0 Å². The number of ether oxygens (including phenoxy) is 3. The molecule has 2 fully saturated rings. The Labute approximate surface area is 232 Å². The Morgan fingerprint density at radius 2 is 1.90 bits per heavy atom. The van der Waals surface area contributed by atoms with Gasteiger partial charge in [0.15, 0.2) is 23.8 Å². The predicted octanol–water partition coefficient (Wildman–Crippen LogP) is 1.52. The number of nitrogens with zero attached hydrogens (tertiary/aromatic N) is 4. The fourth-order valence-corrected chi connectivity index (χ4v) is 4.90. The minimum atomic E-state index is -1.42. The molecule has 1 aliphatic heterocycles. The second-order valence-electron chi connectivity index (χ2n) is 10.7. The van der Waals surface area contributed by atoms with E-state index in [1.54, 1.807) is 6.92 Å². The Morgan fingerprint density at radius 1 is 1.18 bits per heavy atom. The summed E-state index contributed by atoms with van der Waals surface area (Å²) in [6.07, 6.45) is 0.136. The predicted molar refractivity (Wildman–Crippen MR) is 143 cm³/mol. The van der Waals surface area contributed by atoms with E-state index in [-0.39, 0.29) is 23.2 Å². The molecule has 4 rings (SSSR count). The lowest BCUT2D eigenvalue weighted by Crippen LogP contribution is -2.42. The van der Waals surface area contributed by atoms with E-state index < -0.39 is 36.6 Å². The number of carbonyl (C=O) groups excluding carboxylic acids is 2. The lowest BCUT2D eigenvalue weighted by atomic mass is 9.81. The zero-order valence-electron chi connectivity index (χ0n) is 23.1. The average Bonchev–Trinajstić information content (AvgIpc) is 3.48. The molecule has 13 heteroatoms. The van der Waals surface area contributed by atoms with Gasteiger partial charge in [0.25, 0.3) is 5.91 Å². The van der Waals surface area contributed by atoms with Crippen molar-refractivity contribution in [2.24, 2.45) is 17.8 Å². The third kappa shape index (κ3) is 6.99. The molecule has 40 heavy (non-hydrogen) atoms. The Kier molecular flexibility index (Phi) is 9.78. The molecule has 5 N–H and O–H groups in total. The van der Waals surface area contributed by atoms with Crippen LogP contribution in [0.4, 0.5) is 10.6 Å². The van der Waals surface area contributed by atoms with Gasteiger partial charge in [0.2, 0.25) is 5.82 Å². The van der Waals surface area contributed by atoms with Crippen LogP contribution in [0, 0.1) is 29.6 Å². The number of hydrogen-bond donors (Lipinski definition) is 4. The van der Waals surface area contributed by atoms with Crippen LogP contribution in [0.3, 0.4) is 0 Å². The molecule has 1 aliphatic carbocycles. The summed E-state index contributed by atoms with van der Waals surface area (Å²) >= 11 is 0. The number of nitrogens with two attached hydrogens (primary N) is 1. The van der Waals surface area contributed by atoms with Crippen molar-refractivity contribution in [3.05, 3.63) is 12.2 Å². The molecule has 1 amide bonds. The summed E-state index contributed by atoms with van der Waals surface area (Å²) in [6, 6.07) is 0. The van der Waals surface area contributed by atoms with Gasteiger partial charge in [0, 0.05) is 13.0 Å². The van der Waals surface area contributed by atoms with Gasteiger partial charge in [-0.25, -0.2) is 19.7 Å². The Bertz CT molecular complexity index is 1250. The monoisotopic (exact) mass is 558 g/mol. The SMILES string of the molecule is CCNC(=O)[C@H]1O[C@@H](n2cnc3c(N)nc(C#CCC4CCC(COC(=O)OCC(C)C)CC4)nc32)C(O)C1O. The summed E-state index contributed by atoms with van der Waals surface area (Å²) < 4.78 is 17.4. The maximum absolute atomic E-state index is 12.2. The summed E-state index contributed by atoms with van der Waals surface area (Å²) in [5.41, 5.74) is 6.68. The van der Waals surface area contributed by atoms with Crippen molar-refractivity contribution in [3.63, 3.8) is 0 Å². The molecular formula is C27H38N6O7. The molecule has 13 nitrogen and oxygen atoms in total. The third-order valence-electron chi connectivity index (χ3n) is 7.10. The van der Waals surface area contributed by atoms with Gasteiger partial charge in [-0.15, -0.1) is 0 Å². The van der Waals surface area contributed by atoms with Crippen LogP contribution in [-0.4, -0.2) is 79.9 Å². The zero-order chi connectivity index (χ0) is 28.8. The van der Waals surface area contributed by atoms with Crippen LogP contribution in [0.25, 0.3) is 11.2 Å². The van der Waals surface area contributed by atoms with E-state index in [0.29, 0.717) is 43.5 Å². The maximum atomic E-state index is 12.2. The fraction of sp³-hybridized carbons (Fsp3) is 0.667. The smallest absolute Gasteiger partial charge is 0.434 e. The van der Waals surface area contributed by atoms with Gasteiger partial charge in [0.05, 0.1) is 19.5 Å². The molecule has 2 aromatic rings. The van der Waals surface area contributed by atoms with Crippen LogP contribution < -0.4 is 11.1 Å². The quantitative estimate of drug-likeness (QED) is 0.272. The molecule has 2 aromatic heterocycles. The summed E-state index contributed by atoms with van der Waals surface area (Å²) in [5, 5.41) is 23.5. The van der Waals surface area contributed by atoms with Crippen molar-refractivity contribution in [3.8, 4) is 11.8 Å². The van der Waals surface area contributed by atoms with Crippen molar-refractivity contribution in [2.45, 2.75) is 77.4 Å². The van der Waals surface area contributed by atoms with Gasteiger partial charge in [-0.1, -0.05) is 19.8 Å². The number of aromatic nitrogens is 4. The number of hydrogen-bond acceptors (Lipinski definition) is 11. The number of rotatable bonds is 8. The summed E-state index contributed by atoms with van der Waals surface area (Å²) in [5.74, 6) is 6.92. The molecule has 0 radical (unpaired) electrons. The number of carbonyl (C=O) groups is 2. The van der Waals surface area contributed by atoms with Gasteiger partial charge in [-0.05, 0) is 56.3 Å². The van der Waals surface area contributed by atoms with Gasteiger partial charge in [0.1, 0.15) is 17.7 Å². The maximum Gasteiger partial charge on any atom is 0.508 e. The van der Waals surface area contributed by atoms with Crippen LogP contribution in [0.5, 0.6) is 0 Å². The highest BCUT2D eigenvalue weighted by molar-refractivity contribution is 5.83. The van der Waals surface area contributed by atoms with Crippen molar-refractivity contribution >= 4 is 29.0 Å². The minimum absolute atomic E-state index is 0.119. The zero-order valence-corrected chi connectivity index (χ0v) is 23.1. The number of nitrogens with one attached hydrogen (secondary N) is 1. The van der Waals surface area contributed by atoms with Crippen LogP contribution in [-0.2, 0) is 19.0 Å². The van der Waals surface area contributed by atoms with E-state index >= 15 is 0 Å². The first-order chi connectivity index (χ1) is 19.2. The molecule has 0 aromatic carbocycles. The van der Waals surface area contributed by atoms with Gasteiger partial charge < -0.3 is 35.5 Å². The standard InChI is InChI=1S/C27H38N6O7/c1-4-29-25(36)22-20(34)21(35)26(40-22)33-14-30-19-23(28)31-18(32-24(19)33)7-5-6-16-8-10-17(11-9-16)13-39-27(37)38-12-15(2)3/h14-17,20-22,26,34-35H,4,6,8-13H2,1-3H3,(H,29,36)(H2,28,31,32)/t16?,17?,20?,21?,22-,26+/m0/s1. The Balaban J connectivity index is 1.35. The number of likely N-dealkylation sites (N-methyl/N-ethyl adjacent to an activating group) is 1. The Morgan fingerprint density at radius 3 is 2.60 bits per heavy atom. The molecule has 3 heterocycles. The van der Waals surface area contributed by atoms with Crippen LogP contribution in [0.2, 0.25) is 0 Å². The second-order valence-corrected chi connectivity index (χ2v) is 10.7. The largest absolute Gasteiger partial charge is 0.508 e. The molecule has 0 spiro atoms. The molecule has 0 bridgehead atoms. The highest BCUT2D eigenvalue weighted by Crippen LogP contribution is 2.33. The van der Waals surface area contributed by atoms with E-state index in [0.717, 1.165) is 25.7 Å². The van der Waals surface area contributed by atoms with Crippen molar-refractivity contribution in [2.75, 3.05) is 25.5 Å². The highest BCUT2D eigenvalue weighted by atomic mass is 16.7. The normalized spacial score (nSPS) is 26.4. The highest BCUT2D eigenvalue weighted by Gasteiger charge is 2.47. The number of aliphatic hydroxyl groups excluding tert-OH is 2. The number of fused-ring (bicyclic) bond motifs is 1. The molecular weight excluding hydrogens is 520 g/mol. The fourth-order valence-electron chi connectivity index (χ4n) is 4.90. The number of imidazole rings is 1. The average molecular weight is 559 g/mol. The lowest BCUT2D eigenvalue weighted by Gasteiger charge is -2.26. The van der Waals surface area contributed by atoms with Gasteiger partial charge >= 0.3 is 6.16 Å². The first-order valence-electron chi connectivity index (χ1n) is 13.8. The van der Waals surface area contributed by atoms with E-state index in [2.05, 4.69) is 32.1 Å². The minimum Gasteiger partial charge on any atom is -0.434 e. The number of anilines is 1. The summed E-state index contributed by atoms with van der Waals surface area (Å²) in [4.78, 5) is 36.9. The first-order valence-corrected chi connectivity index (χ1v) is 13.8. The number of nitrogen functional groups attached to an aromatic ring is 1. The summed E-state index contributed by atoms with van der Waals surface area (Å²) in [6.45, 7) is 6.77. The van der Waals surface area contributed by atoms with Gasteiger partial charge in [-0.3, -0.25) is 9.36 Å². The summed E-state index contributed by atoms with van der Waals surface area (Å²) in [7, 11) is 0. The Hall–Kier alpha value is -3.47. The van der Waals surface area contributed by atoms with Crippen molar-refractivity contribution in [1.29, 1.82) is 0 Å². The van der Waals surface area contributed by atoms with Gasteiger partial charge in [-0.2, -0.15) is 0 Å².